The molecule has 0 spiro atoms. The predicted octanol–water partition coefficient (Wildman–Crippen LogP) is 2.90. The van der Waals surface area contributed by atoms with Gasteiger partial charge in [-0.1, -0.05) is 13.8 Å². The molecule has 0 N–H and O–H groups in total. The zero-order valence-electron chi connectivity index (χ0n) is 9.72. The van der Waals surface area contributed by atoms with Crippen molar-refractivity contribution in [1.29, 1.82) is 0 Å². The van der Waals surface area contributed by atoms with E-state index >= 15 is 0 Å². The van der Waals surface area contributed by atoms with E-state index in [1.807, 2.05) is 18.7 Å². The number of carbonyl (C=O) groups excluding carboxylic acids is 1. The summed E-state index contributed by atoms with van der Waals surface area (Å²) < 4.78 is 0. The van der Waals surface area contributed by atoms with Crippen LogP contribution in [-0.4, -0.2) is 29.3 Å². The smallest absolute Gasteiger partial charge is 0.224 e. The minimum absolute atomic E-state index is 0.0110. The number of rotatable bonds is 6. The van der Waals surface area contributed by atoms with E-state index in [1.54, 1.807) is 0 Å². The second kappa shape index (κ2) is 7.10. The molecule has 1 atom stereocenters. The minimum atomic E-state index is -0.0110. The summed E-state index contributed by atoms with van der Waals surface area (Å²) in [6, 6.07) is 0. The Morgan fingerprint density at radius 2 is 1.79 bits per heavy atom. The van der Waals surface area contributed by atoms with Gasteiger partial charge in [-0.2, -0.15) is 0 Å². The van der Waals surface area contributed by atoms with Crippen LogP contribution in [0, 0.1) is 5.92 Å². The number of hydrogen-bond donors (Lipinski definition) is 0. The van der Waals surface area contributed by atoms with Crippen molar-refractivity contribution in [3.8, 4) is 0 Å². The molecule has 0 bridgehead atoms. The molecule has 0 aliphatic heterocycles. The molecule has 0 aromatic heterocycles. The van der Waals surface area contributed by atoms with Gasteiger partial charge in [0, 0.05) is 24.9 Å². The standard InChI is InChI=1S/C11H22ClNO/c1-5-13(6-2)11(14)8-10(12)7-9(3)4/h9-10H,5-8H2,1-4H3. The van der Waals surface area contributed by atoms with Crippen molar-refractivity contribution in [2.24, 2.45) is 5.92 Å². The first-order valence-corrected chi connectivity index (χ1v) is 5.86. The quantitative estimate of drug-likeness (QED) is 0.630. The zero-order valence-corrected chi connectivity index (χ0v) is 10.5. The molecule has 0 aliphatic carbocycles. The molecule has 2 nitrogen and oxygen atoms in total. The van der Waals surface area contributed by atoms with Gasteiger partial charge in [-0.3, -0.25) is 4.79 Å². The van der Waals surface area contributed by atoms with Gasteiger partial charge in [0.1, 0.15) is 0 Å². The summed E-state index contributed by atoms with van der Waals surface area (Å²) in [5.74, 6) is 0.734. The maximum absolute atomic E-state index is 11.6. The van der Waals surface area contributed by atoms with Gasteiger partial charge in [0.15, 0.2) is 0 Å². The third-order valence-corrected chi connectivity index (χ3v) is 2.57. The minimum Gasteiger partial charge on any atom is -0.343 e. The largest absolute Gasteiger partial charge is 0.343 e. The first-order valence-electron chi connectivity index (χ1n) is 5.43. The van der Waals surface area contributed by atoms with Crippen LogP contribution in [0.4, 0.5) is 0 Å². The fourth-order valence-electron chi connectivity index (χ4n) is 1.49. The van der Waals surface area contributed by atoms with Crippen LogP contribution >= 0.6 is 11.6 Å². The second-order valence-corrected chi connectivity index (χ2v) is 4.61. The van der Waals surface area contributed by atoms with Gasteiger partial charge in [-0.05, 0) is 26.2 Å². The van der Waals surface area contributed by atoms with E-state index in [-0.39, 0.29) is 11.3 Å². The molecule has 1 amide bonds. The van der Waals surface area contributed by atoms with Crippen LogP contribution in [0.25, 0.3) is 0 Å². The molecule has 1 unspecified atom stereocenters. The van der Waals surface area contributed by atoms with Crippen molar-refractivity contribution in [3.63, 3.8) is 0 Å². The fourth-order valence-corrected chi connectivity index (χ4v) is 1.98. The number of halogens is 1. The molecule has 0 aromatic rings. The maximum atomic E-state index is 11.6. The van der Waals surface area contributed by atoms with E-state index in [0.717, 1.165) is 19.5 Å². The van der Waals surface area contributed by atoms with Crippen LogP contribution in [0.15, 0.2) is 0 Å². The van der Waals surface area contributed by atoms with Crippen LogP contribution < -0.4 is 0 Å². The summed E-state index contributed by atoms with van der Waals surface area (Å²) in [4.78, 5) is 13.5. The highest BCUT2D eigenvalue weighted by molar-refractivity contribution is 6.21. The molecule has 0 rings (SSSR count). The van der Waals surface area contributed by atoms with Gasteiger partial charge in [0.2, 0.25) is 5.91 Å². The Labute approximate surface area is 92.6 Å². The first-order chi connectivity index (χ1) is 6.51. The Kier molecular flexibility index (Phi) is 6.98. The highest BCUT2D eigenvalue weighted by atomic mass is 35.5. The number of amides is 1. The summed E-state index contributed by atoms with van der Waals surface area (Å²) in [6.45, 7) is 9.79. The van der Waals surface area contributed by atoms with Crippen molar-refractivity contribution in [3.05, 3.63) is 0 Å². The average Bonchev–Trinajstić information content (AvgIpc) is 2.04. The lowest BCUT2D eigenvalue weighted by Crippen LogP contribution is -2.32. The van der Waals surface area contributed by atoms with E-state index in [2.05, 4.69) is 13.8 Å². The Hall–Kier alpha value is -0.240. The number of carbonyl (C=O) groups is 1. The third kappa shape index (κ3) is 5.48. The lowest BCUT2D eigenvalue weighted by molar-refractivity contribution is -0.130. The molecule has 0 aliphatic rings. The maximum Gasteiger partial charge on any atom is 0.224 e. The first kappa shape index (κ1) is 13.8. The molecule has 0 heterocycles. The van der Waals surface area contributed by atoms with Gasteiger partial charge >= 0.3 is 0 Å². The van der Waals surface area contributed by atoms with Crippen LogP contribution in [-0.2, 0) is 4.79 Å². The third-order valence-electron chi connectivity index (χ3n) is 2.24. The molecule has 3 heteroatoms. The van der Waals surface area contributed by atoms with Gasteiger partial charge in [0.25, 0.3) is 0 Å². The summed E-state index contributed by atoms with van der Waals surface area (Å²) in [5, 5.41) is -0.0110. The average molecular weight is 220 g/mol. The number of hydrogen-bond acceptors (Lipinski definition) is 1. The van der Waals surface area contributed by atoms with E-state index in [1.165, 1.54) is 0 Å². The van der Waals surface area contributed by atoms with Crippen molar-refractivity contribution in [2.45, 2.75) is 45.9 Å². The number of nitrogens with zero attached hydrogens (tertiary/aromatic N) is 1. The number of alkyl halides is 1. The van der Waals surface area contributed by atoms with Crippen molar-refractivity contribution in [2.75, 3.05) is 13.1 Å². The summed E-state index contributed by atoms with van der Waals surface area (Å²) in [6.07, 6.45) is 1.38. The summed E-state index contributed by atoms with van der Waals surface area (Å²) >= 11 is 6.08. The Bertz CT molecular complexity index is 167. The van der Waals surface area contributed by atoms with E-state index in [4.69, 9.17) is 11.6 Å². The zero-order chi connectivity index (χ0) is 11.1. The monoisotopic (exact) mass is 219 g/mol. The van der Waals surface area contributed by atoms with E-state index in [9.17, 15) is 4.79 Å². The normalized spacial score (nSPS) is 13.0. The summed E-state index contributed by atoms with van der Waals surface area (Å²) in [5.41, 5.74) is 0. The molecule has 0 radical (unpaired) electrons. The van der Waals surface area contributed by atoms with Gasteiger partial charge in [-0.25, -0.2) is 0 Å². The lowest BCUT2D eigenvalue weighted by Gasteiger charge is -2.20. The second-order valence-electron chi connectivity index (χ2n) is 4.00. The predicted molar refractivity (Wildman–Crippen MR) is 61.6 cm³/mol. The Morgan fingerprint density at radius 1 is 1.29 bits per heavy atom. The molecule has 0 saturated carbocycles. The highest BCUT2D eigenvalue weighted by Crippen LogP contribution is 2.15. The molecule has 0 fully saturated rings. The highest BCUT2D eigenvalue weighted by Gasteiger charge is 2.16. The molecule has 0 saturated heterocycles. The summed E-state index contributed by atoms with van der Waals surface area (Å²) in [7, 11) is 0. The van der Waals surface area contributed by atoms with Crippen LogP contribution in [0.2, 0.25) is 0 Å². The molecular weight excluding hydrogens is 198 g/mol. The van der Waals surface area contributed by atoms with Gasteiger partial charge in [0.05, 0.1) is 0 Å². The van der Waals surface area contributed by atoms with E-state index in [0.29, 0.717) is 12.3 Å². The van der Waals surface area contributed by atoms with Crippen molar-refractivity contribution >= 4 is 17.5 Å². The fraction of sp³-hybridized carbons (Fsp3) is 0.909. The van der Waals surface area contributed by atoms with Crippen molar-refractivity contribution < 1.29 is 4.79 Å². The Morgan fingerprint density at radius 3 is 2.14 bits per heavy atom. The molecule has 84 valence electrons. The van der Waals surface area contributed by atoms with Crippen LogP contribution in [0.3, 0.4) is 0 Å². The SMILES string of the molecule is CCN(CC)C(=O)CC(Cl)CC(C)C. The van der Waals surface area contributed by atoms with Crippen LogP contribution in [0.5, 0.6) is 0 Å². The van der Waals surface area contributed by atoms with Crippen LogP contribution in [0.1, 0.15) is 40.5 Å². The molecule has 0 aromatic carbocycles. The molecule has 14 heavy (non-hydrogen) atoms. The lowest BCUT2D eigenvalue weighted by atomic mass is 10.1. The van der Waals surface area contributed by atoms with Crippen molar-refractivity contribution in [1.82, 2.24) is 4.90 Å². The Balaban J connectivity index is 3.91. The van der Waals surface area contributed by atoms with E-state index < -0.39 is 0 Å². The van der Waals surface area contributed by atoms with Gasteiger partial charge < -0.3 is 4.90 Å². The molecular formula is C11H22ClNO. The van der Waals surface area contributed by atoms with Gasteiger partial charge in [-0.15, -0.1) is 11.6 Å². The topological polar surface area (TPSA) is 20.3 Å².